The maximum Gasteiger partial charge on any atom is 0.260 e. The standard InChI is InChI=1S/C23H27N3O5.ClH/c1-17-4-2-3-5-19(17)29-15-22(27)26-12-10-25(11-13-26)9-8-24-23(28)18-6-7-20-21(14-18)31-16-30-20;/h2-7,14H,8-13,15-16H2,1H3,(H,24,28);1H. The molecule has 0 atom stereocenters. The fourth-order valence-corrected chi connectivity index (χ4v) is 3.64. The van der Waals surface area contributed by atoms with Crippen LogP contribution in [0.15, 0.2) is 42.5 Å². The van der Waals surface area contributed by atoms with Gasteiger partial charge < -0.3 is 24.4 Å². The van der Waals surface area contributed by atoms with E-state index in [9.17, 15) is 9.59 Å². The highest BCUT2D eigenvalue weighted by atomic mass is 35.5. The Kier molecular flexibility index (Phi) is 8.19. The van der Waals surface area contributed by atoms with Crippen LogP contribution in [0.25, 0.3) is 0 Å². The SMILES string of the molecule is Cc1ccccc1OCC(=O)N1CCN(CCNC(=O)c2ccc3c(c2)OCO3)CC1.Cl. The van der Waals surface area contributed by atoms with Crippen LogP contribution >= 0.6 is 12.4 Å². The number of fused-ring (bicyclic) bond motifs is 1. The molecule has 32 heavy (non-hydrogen) atoms. The molecule has 2 aromatic carbocycles. The molecule has 2 aliphatic heterocycles. The van der Waals surface area contributed by atoms with Crippen LogP contribution < -0.4 is 19.5 Å². The number of hydrogen-bond acceptors (Lipinski definition) is 6. The van der Waals surface area contributed by atoms with E-state index in [4.69, 9.17) is 14.2 Å². The van der Waals surface area contributed by atoms with Crippen molar-refractivity contribution in [2.24, 2.45) is 0 Å². The Balaban J connectivity index is 0.00000289. The van der Waals surface area contributed by atoms with Gasteiger partial charge in [-0.25, -0.2) is 0 Å². The average Bonchev–Trinajstić information content (AvgIpc) is 3.26. The first-order chi connectivity index (χ1) is 15.1. The van der Waals surface area contributed by atoms with Gasteiger partial charge in [0.2, 0.25) is 6.79 Å². The number of halogens is 1. The zero-order valence-corrected chi connectivity index (χ0v) is 18.9. The minimum absolute atomic E-state index is 0. The van der Waals surface area contributed by atoms with Gasteiger partial charge in [-0.1, -0.05) is 18.2 Å². The van der Waals surface area contributed by atoms with Crippen LogP contribution in [0.5, 0.6) is 17.2 Å². The summed E-state index contributed by atoms with van der Waals surface area (Å²) < 4.78 is 16.3. The summed E-state index contributed by atoms with van der Waals surface area (Å²) in [5.74, 6) is 1.86. The number of carbonyl (C=O) groups excluding carboxylic acids is 2. The number of hydrogen-bond donors (Lipinski definition) is 1. The Bertz CT molecular complexity index is 947. The number of nitrogens with zero attached hydrogens (tertiary/aromatic N) is 2. The second-order valence-electron chi connectivity index (χ2n) is 7.60. The monoisotopic (exact) mass is 461 g/mol. The molecule has 2 aliphatic rings. The molecular weight excluding hydrogens is 434 g/mol. The van der Waals surface area contributed by atoms with E-state index < -0.39 is 0 Å². The molecule has 8 nitrogen and oxygen atoms in total. The zero-order chi connectivity index (χ0) is 21.6. The van der Waals surface area contributed by atoms with Gasteiger partial charge in [0.15, 0.2) is 18.1 Å². The molecule has 0 aliphatic carbocycles. The van der Waals surface area contributed by atoms with Crippen LogP contribution in [-0.4, -0.2) is 74.3 Å². The first kappa shape index (κ1) is 23.7. The maximum atomic E-state index is 12.4. The normalized spacial score (nSPS) is 15.1. The number of amides is 2. The first-order valence-corrected chi connectivity index (χ1v) is 10.5. The van der Waals surface area contributed by atoms with Crippen molar-refractivity contribution in [2.75, 3.05) is 52.7 Å². The lowest BCUT2D eigenvalue weighted by molar-refractivity contribution is -0.135. The van der Waals surface area contributed by atoms with Crippen molar-refractivity contribution in [3.05, 3.63) is 53.6 Å². The number of carbonyl (C=O) groups is 2. The van der Waals surface area contributed by atoms with Crippen molar-refractivity contribution < 1.29 is 23.8 Å². The van der Waals surface area contributed by atoms with Crippen LogP contribution in [0.4, 0.5) is 0 Å². The van der Waals surface area contributed by atoms with Crippen LogP contribution in [0.3, 0.4) is 0 Å². The molecule has 9 heteroatoms. The second-order valence-corrected chi connectivity index (χ2v) is 7.60. The Hall–Kier alpha value is -2.97. The van der Waals surface area contributed by atoms with Crippen LogP contribution in [-0.2, 0) is 4.79 Å². The highest BCUT2D eigenvalue weighted by Crippen LogP contribution is 2.32. The van der Waals surface area contributed by atoms with Crippen LogP contribution in [0, 0.1) is 6.92 Å². The molecule has 1 N–H and O–H groups in total. The zero-order valence-electron chi connectivity index (χ0n) is 18.0. The molecule has 0 unspecified atom stereocenters. The first-order valence-electron chi connectivity index (χ1n) is 10.5. The lowest BCUT2D eigenvalue weighted by atomic mass is 10.2. The van der Waals surface area contributed by atoms with Gasteiger partial charge in [0.25, 0.3) is 11.8 Å². The van der Waals surface area contributed by atoms with Gasteiger partial charge >= 0.3 is 0 Å². The number of para-hydroxylation sites is 1. The van der Waals surface area contributed by atoms with Gasteiger partial charge in [-0.2, -0.15) is 0 Å². The molecule has 4 rings (SSSR count). The highest BCUT2D eigenvalue weighted by molar-refractivity contribution is 5.94. The molecule has 0 spiro atoms. The fourth-order valence-electron chi connectivity index (χ4n) is 3.64. The van der Waals surface area contributed by atoms with Gasteiger partial charge in [-0.15, -0.1) is 12.4 Å². The Morgan fingerprint density at radius 3 is 2.56 bits per heavy atom. The number of nitrogens with one attached hydrogen (secondary N) is 1. The maximum absolute atomic E-state index is 12.4. The topological polar surface area (TPSA) is 80.3 Å². The summed E-state index contributed by atoms with van der Waals surface area (Å²) in [7, 11) is 0. The van der Waals surface area contributed by atoms with E-state index in [1.54, 1.807) is 18.2 Å². The number of ether oxygens (including phenoxy) is 3. The minimum atomic E-state index is -0.138. The molecule has 1 saturated heterocycles. The second kappa shape index (κ2) is 11.1. The lowest BCUT2D eigenvalue weighted by Crippen LogP contribution is -2.51. The van der Waals surface area contributed by atoms with Crippen molar-refractivity contribution in [1.29, 1.82) is 0 Å². The van der Waals surface area contributed by atoms with Crippen molar-refractivity contribution in [3.8, 4) is 17.2 Å². The predicted molar refractivity (Wildman–Crippen MR) is 122 cm³/mol. The number of benzene rings is 2. The summed E-state index contributed by atoms with van der Waals surface area (Å²) in [6.45, 7) is 6.34. The molecule has 0 radical (unpaired) electrons. The van der Waals surface area contributed by atoms with Crippen LogP contribution in [0.2, 0.25) is 0 Å². The van der Waals surface area contributed by atoms with E-state index in [2.05, 4.69) is 10.2 Å². The third-order valence-corrected chi connectivity index (χ3v) is 5.52. The molecule has 0 aromatic heterocycles. The van der Waals surface area contributed by atoms with Gasteiger partial charge in [-0.05, 0) is 36.8 Å². The molecule has 1 fully saturated rings. The average molecular weight is 462 g/mol. The summed E-state index contributed by atoms with van der Waals surface area (Å²) in [5.41, 5.74) is 1.57. The Morgan fingerprint density at radius 2 is 1.78 bits per heavy atom. The van der Waals surface area contributed by atoms with Crippen molar-refractivity contribution >= 4 is 24.2 Å². The van der Waals surface area contributed by atoms with Crippen LogP contribution in [0.1, 0.15) is 15.9 Å². The molecule has 2 amide bonds. The van der Waals surface area contributed by atoms with Gasteiger partial charge in [0.1, 0.15) is 5.75 Å². The quantitative estimate of drug-likeness (QED) is 0.680. The van der Waals surface area contributed by atoms with Gasteiger partial charge in [-0.3, -0.25) is 14.5 Å². The van der Waals surface area contributed by atoms with E-state index in [1.165, 1.54) is 0 Å². The Morgan fingerprint density at radius 1 is 1.03 bits per heavy atom. The van der Waals surface area contributed by atoms with E-state index in [-0.39, 0.29) is 37.6 Å². The van der Waals surface area contributed by atoms with Gasteiger partial charge in [0, 0.05) is 44.8 Å². The summed E-state index contributed by atoms with van der Waals surface area (Å²) >= 11 is 0. The van der Waals surface area contributed by atoms with E-state index in [0.717, 1.165) is 30.9 Å². The smallest absolute Gasteiger partial charge is 0.260 e. The molecule has 172 valence electrons. The van der Waals surface area contributed by atoms with E-state index in [0.29, 0.717) is 36.7 Å². The third kappa shape index (κ3) is 5.83. The highest BCUT2D eigenvalue weighted by Gasteiger charge is 2.22. The number of aryl methyl sites for hydroxylation is 1. The summed E-state index contributed by atoms with van der Waals surface area (Å²) in [6.07, 6.45) is 0. The molecule has 0 bridgehead atoms. The lowest BCUT2D eigenvalue weighted by Gasteiger charge is -2.34. The van der Waals surface area contributed by atoms with E-state index in [1.807, 2.05) is 36.1 Å². The number of rotatable bonds is 7. The summed E-state index contributed by atoms with van der Waals surface area (Å²) in [6, 6.07) is 12.9. The summed E-state index contributed by atoms with van der Waals surface area (Å²) in [5, 5.41) is 2.94. The fraction of sp³-hybridized carbons (Fsp3) is 0.391. The van der Waals surface area contributed by atoms with Crippen molar-refractivity contribution in [3.63, 3.8) is 0 Å². The van der Waals surface area contributed by atoms with E-state index >= 15 is 0 Å². The molecule has 2 heterocycles. The Labute approximate surface area is 193 Å². The number of piperazine rings is 1. The van der Waals surface area contributed by atoms with Crippen molar-refractivity contribution in [1.82, 2.24) is 15.1 Å². The molecule has 2 aromatic rings. The summed E-state index contributed by atoms with van der Waals surface area (Å²) in [4.78, 5) is 28.9. The predicted octanol–water partition coefficient (Wildman–Crippen LogP) is 2.10. The molecule has 0 saturated carbocycles. The van der Waals surface area contributed by atoms with Gasteiger partial charge in [0.05, 0.1) is 0 Å². The third-order valence-electron chi connectivity index (χ3n) is 5.52. The minimum Gasteiger partial charge on any atom is -0.484 e. The van der Waals surface area contributed by atoms with Crippen molar-refractivity contribution in [2.45, 2.75) is 6.92 Å². The molecular formula is C23H28ClN3O5. The largest absolute Gasteiger partial charge is 0.484 e.